The normalized spacial score (nSPS) is 16.5. The Bertz CT molecular complexity index is 937. The molecule has 3 aromatic rings. The van der Waals surface area contributed by atoms with Crippen LogP contribution in [0.5, 0.6) is 0 Å². The van der Waals surface area contributed by atoms with Crippen molar-refractivity contribution in [3.63, 3.8) is 0 Å². The number of hydrazone groups is 1. The van der Waals surface area contributed by atoms with Crippen LogP contribution in [-0.4, -0.2) is 31.1 Å². The second-order valence-electron chi connectivity index (χ2n) is 6.53. The fourth-order valence-corrected chi connectivity index (χ4v) is 3.35. The van der Waals surface area contributed by atoms with E-state index in [9.17, 15) is 4.79 Å². The topological polar surface area (TPSA) is 59.9 Å². The summed E-state index contributed by atoms with van der Waals surface area (Å²) in [5.74, 6) is -1.10. The summed E-state index contributed by atoms with van der Waals surface area (Å²) >= 11 is 0. The van der Waals surface area contributed by atoms with E-state index in [2.05, 4.69) is 40.9 Å². The van der Waals surface area contributed by atoms with Gasteiger partial charge in [-0.1, -0.05) is 48.5 Å². The second kappa shape index (κ2) is 6.86. The molecule has 0 unspecified atom stereocenters. The summed E-state index contributed by atoms with van der Waals surface area (Å²) in [6, 6.07) is 18.5. The molecule has 1 N–H and O–H groups in total. The molecule has 0 atom stereocenters. The summed E-state index contributed by atoms with van der Waals surface area (Å²) < 4.78 is 10.9. The minimum Gasteiger partial charge on any atom is -0.347 e. The average Bonchev–Trinajstić information content (AvgIpc) is 3.07. The minimum atomic E-state index is -0.855. The van der Waals surface area contributed by atoms with Crippen LogP contribution in [0.1, 0.15) is 18.9 Å². The Morgan fingerprint density at radius 3 is 2.27 bits per heavy atom. The Hall–Kier alpha value is -2.76. The SMILES string of the molecule is CC1(CC(=O)NN=Cc2c3ccccc3cc3ccccc23)OCCO1. The quantitative estimate of drug-likeness (QED) is 0.445. The molecule has 1 aliphatic rings. The van der Waals surface area contributed by atoms with E-state index < -0.39 is 5.79 Å². The van der Waals surface area contributed by atoms with Crippen LogP contribution in [-0.2, 0) is 14.3 Å². The largest absolute Gasteiger partial charge is 0.347 e. The molecule has 1 fully saturated rings. The van der Waals surface area contributed by atoms with Gasteiger partial charge >= 0.3 is 0 Å². The van der Waals surface area contributed by atoms with Crippen LogP contribution in [0.25, 0.3) is 21.5 Å². The van der Waals surface area contributed by atoms with Gasteiger partial charge in [0, 0.05) is 5.56 Å². The molecule has 1 amide bonds. The minimum absolute atomic E-state index is 0.112. The molecule has 1 aliphatic heterocycles. The lowest BCUT2D eigenvalue weighted by molar-refractivity contribution is -0.159. The maximum atomic E-state index is 12.1. The summed E-state index contributed by atoms with van der Waals surface area (Å²) in [6.45, 7) is 2.78. The van der Waals surface area contributed by atoms with Crippen molar-refractivity contribution in [3.8, 4) is 0 Å². The molecule has 1 heterocycles. The predicted octanol–water partition coefficient (Wildman–Crippen LogP) is 3.60. The van der Waals surface area contributed by atoms with Crippen LogP contribution in [0, 0.1) is 0 Å². The predicted molar refractivity (Wildman–Crippen MR) is 102 cm³/mol. The smallest absolute Gasteiger partial charge is 0.245 e. The highest BCUT2D eigenvalue weighted by Crippen LogP contribution is 2.27. The van der Waals surface area contributed by atoms with Crippen LogP contribution in [0.15, 0.2) is 59.7 Å². The zero-order valence-corrected chi connectivity index (χ0v) is 14.6. The van der Waals surface area contributed by atoms with Crippen LogP contribution in [0.2, 0.25) is 0 Å². The molecule has 3 aromatic carbocycles. The molecule has 0 spiro atoms. The molecule has 0 aromatic heterocycles. The Morgan fingerprint density at radius 1 is 1.08 bits per heavy atom. The van der Waals surface area contributed by atoms with Gasteiger partial charge in [-0.3, -0.25) is 4.79 Å². The monoisotopic (exact) mass is 348 g/mol. The lowest BCUT2D eigenvalue weighted by Gasteiger charge is -2.20. The first-order valence-electron chi connectivity index (χ1n) is 8.65. The number of carbonyl (C=O) groups excluding carboxylic acids is 1. The summed E-state index contributed by atoms with van der Waals surface area (Å²) in [5.41, 5.74) is 3.57. The Kier molecular flexibility index (Phi) is 4.41. The molecular weight excluding hydrogens is 328 g/mol. The summed E-state index contributed by atoms with van der Waals surface area (Å²) in [5, 5.41) is 8.65. The van der Waals surface area contributed by atoms with E-state index in [4.69, 9.17) is 9.47 Å². The van der Waals surface area contributed by atoms with Gasteiger partial charge in [-0.25, -0.2) is 5.43 Å². The first-order chi connectivity index (χ1) is 12.6. The van der Waals surface area contributed by atoms with Gasteiger partial charge in [-0.05, 0) is 34.5 Å². The average molecular weight is 348 g/mol. The van der Waals surface area contributed by atoms with Gasteiger partial charge < -0.3 is 9.47 Å². The third-order valence-corrected chi connectivity index (χ3v) is 4.58. The van der Waals surface area contributed by atoms with E-state index in [0.29, 0.717) is 13.2 Å². The maximum absolute atomic E-state index is 12.1. The number of nitrogens with one attached hydrogen (secondary N) is 1. The number of rotatable bonds is 4. The third-order valence-electron chi connectivity index (χ3n) is 4.58. The van der Waals surface area contributed by atoms with Gasteiger partial charge in [0.15, 0.2) is 5.79 Å². The number of benzene rings is 3. The highest BCUT2D eigenvalue weighted by Gasteiger charge is 2.33. The fraction of sp³-hybridized carbons (Fsp3) is 0.238. The van der Waals surface area contributed by atoms with Gasteiger partial charge in [0.1, 0.15) is 0 Å². The van der Waals surface area contributed by atoms with Crippen molar-refractivity contribution in [2.75, 3.05) is 13.2 Å². The highest BCUT2D eigenvalue weighted by molar-refractivity contribution is 6.13. The fourth-order valence-electron chi connectivity index (χ4n) is 3.35. The first-order valence-corrected chi connectivity index (χ1v) is 8.65. The highest BCUT2D eigenvalue weighted by atomic mass is 16.7. The number of carbonyl (C=O) groups is 1. The van der Waals surface area contributed by atoms with E-state index in [1.165, 1.54) is 0 Å². The van der Waals surface area contributed by atoms with Crippen LogP contribution in [0.4, 0.5) is 0 Å². The summed E-state index contributed by atoms with van der Waals surface area (Å²) in [6.07, 6.45) is 1.82. The molecule has 0 radical (unpaired) electrons. The van der Waals surface area contributed by atoms with Crippen molar-refractivity contribution < 1.29 is 14.3 Å². The van der Waals surface area contributed by atoms with Crippen molar-refractivity contribution >= 4 is 33.7 Å². The van der Waals surface area contributed by atoms with E-state index in [-0.39, 0.29) is 12.3 Å². The van der Waals surface area contributed by atoms with Gasteiger partial charge in [0.25, 0.3) is 0 Å². The molecule has 1 saturated heterocycles. The number of nitrogens with zero attached hydrogens (tertiary/aromatic N) is 1. The molecule has 0 bridgehead atoms. The zero-order valence-electron chi connectivity index (χ0n) is 14.6. The molecule has 5 heteroatoms. The molecule has 0 aliphatic carbocycles. The van der Waals surface area contributed by atoms with Crippen molar-refractivity contribution in [1.82, 2.24) is 5.43 Å². The van der Waals surface area contributed by atoms with Gasteiger partial charge in [0.05, 0.1) is 25.8 Å². The van der Waals surface area contributed by atoms with Gasteiger partial charge in [0.2, 0.25) is 5.91 Å². The molecule has 26 heavy (non-hydrogen) atoms. The van der Waals surface area contributed by atoms with Crippen molar-refractivity contribution in [2.45, 2.75) is 19.1 Å². The van der Waals surface area contributed by atoms with E-state index >= 15 is 0 Å². The van der Waals surface area contributed by atoms with Gasteiger partial charge in [-0.15, -0.1) is 0 Å². The van der Waals surface area contributed by atoms with Crippen molar-refractivity contribution in [3.05, 3.63) is 60.2 Å². The Morgan fingerprint density at radius 2 is 1.65 bits per heavy atom. The second-order valence-corrected chi connectivity index (χ2v) is 6.53. The van der Waals surface area contributed by atoms with Crippen molar-refractivity contribution in [1.29, 1.82) is 0 Å². The Balaban J connectivity index is 1.61. The number of hydrogen-bond acceptors (Lipinski definition) is 4. The van der Waals surface area contributed by atoms with E-state index in [1.807, 2.05) is 24.3 Å². The maximum Gasteiger partial charge on any atom is 0.245 e. The zero-order chi connectivity index (χ0) is 18.0. The number of ether oxygens (including phenoxy) is 2. The Labute approximate surface area is 151 Å². The lowest BCUT2D eigenvalue weighted by Crippen LogP contribution is -2.33. The lowest BCUT2D eigenvalue weighted by atomic mass is 9.97. The molecule has 132 valence electrons. The third kappa shape index (κ3) is 3.31. The first kappa shape index (κ1) is 16.7. The number of fused-ring (bicyclic) bond motifs is 2. The molecule has 4 rings (SSSR count). The van der Waals surface area contributed by atoms with E-state index in [1.54, 1.807) is 13.1 Å². The van der Waals surface area contributed by atoms with Gasteiger partial charge in [-0.2, -0.15) is 5.10 Å². The number of amides is 1. The molecular formula is C21H20N2O3. The van der Waals surface area contributed by atoms with Crippen molar-refractivity contribution in [2.24, 2.45) is 5.10 Å². The van der Waals surface area contributed by atoms with Crippen LogP contribution >= 0.6 is 0 Å². The molecule has 5 nitrogen and oxygen atoms in total. The molecule has 0 saturated carbocycles. The van der Waals surface area contributed by atoms with Crippen LogP contribution < -0.4 is 5.43 Å². The summed E-state index contributed by atoms with van der Waals surface area (Å²) in [7, 11) is 0. The van der Waals surface area contributed by atoms with Crippen LogP contribution in [0.3, 0.4) is 0 Å². The standard InChI is InChI=1S/C21H20N2O3/c1-21(25-10-11-26-21)13-20(24)23-22-14-19-17-8-4-2-6-15(17)12-16-7-3-5-9-18(16)19/h2-9,12,14H,10-11,13H2,1H3,(H,23,24). The summed E-state index contributed by atoms with van der Waals surface area (Å²) in [4.78, 5) is 12.1. The number of hydrogen-bond donors (Lipinski definition) is 1. The van der Waals surface area contributed by atoms with E-state index in [0.717, 1.165) is 27.1 Å².